The van der Waals surface area contributed by atoms with Crippen molar-refractivity contribution >= 4 is 17.3 Å². The number of benzene rings is 2. The molecule has 0 saturated carbocycles. The highest BCUT2D eigenvalue weighted by molar-refractivity contribution is 6.05. The van der Waals surface area contributed by atoms with Gasteiger partial charge in [-0.05, 0) is 69.6 Å². The monoisotopic (exact) mass is 437 g/mol. The Morgan fingerprint density at radius 3 is 2.50 bits per heavy atom. The summed E-state index contributed by atoms with van der Waals surface area (Å²) in [6, 6.07) is 14.7. The minimum Gasteiger partial charge on any atom is -0.376 e. The maximum atomic E-state index is 12.6. The Morgan fingerprint density at radius 2 is 1.84 bits per heavy atom. The van der Waals surface area contributed by atoms with Gasteiger partial charge in [-0.1, -0.05) is 17.7 Å². The number of hydrogen-bond donors (Lipinski definition) is 1. The second kappa shape index (κ2) is 10.5. The molecule has 0 bridgehead atoms. The molecule has 32 heavy (non-hydrogen) atoms. The largest absolute Gasteiger partial charge is 0.376 e. The summed E-state index contributed by atoms with van der Waals surface area (Å²) in [5.41, 5.74) is 4.91. The van der Waals surface area contributed by atoms with E-state index in [2.05, 4.69) is 34.3 Å². The van der Waals surface area contributed by atoms with Crippen LogP contribution in [0.4, 0.5) is 11.4 Å². The fourth-order valence-corrected chi connectivity index (χ4v) is 4.70. The summed E-state index contributed by atoms with van der Waals surface area (Å²) in [7, 11) is 2.20. The first-order valence-corrected chi connectivity index (χ1v) is 11.6. The molecule has 2 aromatic rings. The topological polar surface area (TPSA) is 54.0 Å². The summed E-state index contributed by atoms with van der Waals surface area (Å²) in [6.45, 7) is 9.13. The number of carbonyl (C=O) groups is 1. The molecule has 172 valence electrons. The molecule has 2 heterocycles. The van der Waals surface area contributed by atoms with Crippen molar-refractivity contribution in [2.45, 2.75) is 38.8 Å². The number of anilines is 2. The van der Waals surface area contributed by atoms with Gasteiger partial charge in [-0.25, -0.2) is 0 Å². The van der Waals surface area contributed by atoms with Crippen LogP contribution in [0.3, 0.4) is 0 Å². The fourth-order valence-electron chi connectivity index (χ4n) is 4.70. The number of likely N-dealkylation sites (N-methyl/N-ethyl adjacent to an activating group) is 1. The Kier molecular flexibility index (Phi) is 7.45. The Hall–Kier alpha value is -2.41. The van der Waals surface area contributed by atoms with Crippen LogP contribution in [0.15, 0.2) is 42.5 Å². The summed E-state index contributed by atoms with van der Waals surface area (Å²) < 4.78 is 11.3. The lowest BCUT2D eigenvalue weighted by molar-refractivity contribution is -0.0989. The second-order valence-electron chi connectivity index (χ2n) is 9.04. The smallest absolute Gasteiger partial charge is 0.255 e. The van der Waals surface area contributed by atoms with E-state index in [1.807, 2.05) is 44.2 Å². The van der Waals surface area contributed by atoms with Crippen LogP contribution in [0.5, 0.6) is 0 Å². The summed E-state index contributed by atoms with van der Waals surface area (Å²) >= 11 is 0. The maximum absolute atomic E-state index is 12.6. The van der Waals surface area contributed by atoms with Crippen LogP contribution in [0.1, 0.15) is 34.3 Å². The Bertz CT molecular complexity index is 901. The number of rotatable bonds is 6. The van der Waals surface area contributed by atoms with Gasteiger partial charge in [-0.15, -0.1) is 0 Å². The first-order valence-electron chi connectivity index (χ1n) is 11.6. The third-order valence-corrected chi connectivity index (χ3v) is 6.58. The van der Waals surface area contributed by atoms with Gasteiger partial charge in [0.05, 0.1) is 25.9 Å². The van der Waals surface area contributed by atoms with E-state index in [9.17, 15) is 4.79 Å². The van der Waals surface area contributed by atoms with Crippen LogP contribution >= 0.6 is 0 Å². The fraction of sp³-hybridized carbons (Fsp3) is 0.500. The Morgan fingerprint density at radius 1 is 1.09 bits per heavy atom. The van der Waals surface area contributed by atoms with Gasteiger partial charge in [0.25, 0.3) is 5.91 Å². The van der Waals surface area contributed by atoms with E-state index in [0.29, 0.717) is 25.9 Å². The van der Waals surface area contributed by atoms with Gasteiger partial charge in [0.15, 0.2) is 0 Å². The average Bonchev–Trinajstić information content (AvgIpc) is 2.80. The zero-order valence-electron chi connectivity index (χ0n) is 19.5. The van der Waals surface area contributed by atoms with Crippen LogP contribution in [0, 0.1) is 13.8 Å². The van der Waals surface area contributed by atoms with E-state index in [1.54, 1.807) is 0 Å². The van der Waals surface area contributed by atoms with Crippen LogP contribution < -0.4 is 10.2 Å². The lowest BCUT2D eigenvalue weighted by Crippen LogP contribution is -2.47. The molecular formula is C26H35N3O3. The van der Waals surface area contributed by atoms with E-state index in [1.165, 1.54) is 5.69 Å². The Labute approximate surface area is 191 Å². The van der Waals surface area contributed by atoms with Gasteiger partial charge >= 0.3 is 0 Å². The minimum atomic E-state index is -0.0635. The van der Waals surface area contributed by atoms with E-state index in [4.69, 9.17) is 9.47 Å². The molecule has 0 aromatic heterocycles. The number of hydrogen-bond acceptors (Lipinski definition) is 5. The highest BCUT2D eigenvalue weighted by Gasteiger charge is 2.25. The van der Waals surface area contributed by atoms with Gasteiger partial charge in [-0.2, -0.15) is 0 Å². The third kappa shape index (κ3) is 5.68. The molecule has 0 spiro atoms. The molecule has 2 fully saturated rings. The molecular weight excluding hydrogens is 402 g/mol. The summed E-state index contributed by atoms with van der Waals surface area (Å²) in [4.78, 5) is 17.5. The lowest BCUT2D eigenvalue weighted by Gasteiger charge is -2.39. The quantitative estimate of drug-likeness (QED) is 0.744. The zero-order chi connectivity index (χ0) is 22.5. The lowest BCUT2D eigenvalue weighted by atomic mass is 10.0. The van der Waals surface area contributed by atoms with Gasteiger partial charge < -0.3 is 24.6 Å². The van der Waals surface area contributed by atoms with Crippen LogP contribution in [0.2, 0.25) is 0 Å². The first-order chi connectivity index (χ1) is 15.5. The zero-order valence-corrected chi connectivity index (χ0v) is 19.5. The SMILES string of the molecule is Cc1ccc(C(=O)Nc2ccc(N3CCC(N(C)C[C@@H]4COCCO4)CC3)cc2)c(C)c1. The van der Waals surface area contributed by atoms with E-state index in [0.717, 1.165) is 54.9 Å². The van der Waals surface area contributed by atoms with Crippen molar-refractivity contribution in [2.75, 3.05) is 56.7 Å². The van der Waals surface area contributed by atoms with Gasteiger partial charge in [-0.3, -0.25) is 4.79 Å². The maximum Gasteiger partial charge on any atom is 0.255 e. The van der Waals surface area contributed by atoms with Crippen molar-refractivity contribution < 1.29 is 14.3 Å². The van der Waals surface area contributed by atoms with Gasteiger partial charge in [0.2, 0.25) is 0 Å². The van der Waals surface area contributed by atoms with Crippen LogP contribution in [-0.2, 0) is 9.47 Å². The molecule has 2 aliphatic heterocycles. The molecule has 4 rings (SSSR count). The van der Waals surface area contributed by atoms with Crippen molar-refractivity contribution in [3.8, 4) is 0 Å². The molecule has 1 atom stereocenters. The van der Waals surface area contributed by atoms with Crippen molar-refractivity contribution in [3.05, 3.63) is 59.2 Å². The normalized spacial score (nSPS) is 19.9. The van der Waals surface area contributed by atoms with Crippen LogP contribution in [-0.4, -0.2) is 69.5 Å². The number of nitrogens with one attached hydrogen (secondary N) is 1. The van der Waals surface area contributed by atoms with Crippen LogP contribution in [0.25, 0.3) is 0 Å². The predicted octanol–water partition coefficient (Wildman–Crippen LogP) is 3.87. The Balaban J connectivity index is 1.27. The number of carbonyl (C=O) groups excluding carboxylic acids is 1. The van der Waals surface area contributed by atoms with Crippen molar-refractivity contribution in [1.82, 2.24) is 4.90 Å². The summed E-state index contributed by atoms with van der Waals surface area (Å²) in [6.07, 6.45) is 2.46. The highest BCUT2D eigenvalue weighted by Crippen LogP contribution is 2.24. The number of ether oxygens (including phenoxy) is 2. The molecule has 1 amide bonds. The molecule has 1 N–H and O–H groups in total. The molecule has 0 unspecified atom stereocenters. The van der Waals surface area contributed by atoms with Crippen molar-refractivity contribution in [2.24, 2.45) is 0 Å². The minimum absolute atomic E-state index is 0.0635. The summed E-state index contributed by atoms with van der Waals surface area (Å²) in [5.74, 6) is -0.0635. The molecule has 0 radical (unpaired) electrons. The average molecular weight is 438 g/mol. The van der Waals surface area contributed by atoms with Crippen molar-refractivity contribution in [3.63, 3.8) is 0 Å². The van der Waals surface area contributed by atoms with Gasteiger partial charge in [0, 0.05) is 42.6 Å². The first kappa shape index (κ1) is 22.8. The molecule has 2 aliphatic rings. The van der Waals surface area contributed by atoms with E-state index >= 15 is 0 Å². The predicted molar refractivity (Wildman–Crippen MR) is 129 cm³/mol. The van der Waals surface area contributed by atoms with Crippen molar-refractivity contribution in [1.29, 1.82) is 0 Å². The van der Waals surface area contributed by atoms with E-state index in [-0.39, 0.29) is 12.0 Å². The number of aryl methyl sites for hydroxylation is 2. The summed E-state index contributed by atoms with van der Waals surface area (Å²) in [5, 5.41) is 3.02. The second-order valence-corrected chi connectivity index (χ2v) is 9.04. The molecule has 2 aromatic carbocycles. The third-order valence-electron chi connectivity index (χ3n) is 6.58. The standard InChI is InChI=1S/C26H35N3O3/c1-19-4-9-25(20(2)16-19)26(30)27-21-5-7-23(8-6-21)29-12-10-22(11-13-29)28(3)17-24-18-31-14-15-32-24/h4-9,16,22,24H,10-15,17-18H2,1-3H3,(H,27,30)/t24-/m1/s1. The van der Waals surface area contributed by atoms with E-state index < -0.39 is 0 Å². The molecule has 0 aliphatic carbocycles. The molecule has 6 nitrogen and oxygen atoms in total. The number of amides is 1. The molecule has 2 saturated heterocycles. The molecule has 6 heteroatoms. The van der Waals surface area contributed by atoms with Gasteiger partial charge in [0.1, 0.15) is 0 Å². The number of piperidine rings is 1. The highest BCUT2D eigenvalue weighted by atomic mass is 16.6. The number of nitrogens with zero attached hydrogens (tertiary/aromatic N) is 2.